The monoisotopic (exact) mass is 285 g/mol. The first-order chi connectivity index (χ1) is 10.1. The third-order valence-corrected chi connectivity index (χ3v) is 2.99. The van der Waals surface area contributed by atoms with E-state index >= 15 is 0 Å². The fourth-order valence-corrected chi connectivity index (χ4v) is 1.91. The molecule has 1 amide bonds. The van der Waals surface area contributed by atoms with Crippen molar-refractivity contribution in [2.75, 3.05) is 12.4 Å². The van der Waals surface area contributed by atoms with Crippen LogP contribution in [0, 0.1) is 0 Å². The van der Waals surface area contributed by atoms with E-state index < -0.39 is 7.12 Å². The molecule has 2 aromatic rings. The van der Waals surface area contributed by atoms with E-state index in [0.29, 0.717) is 11.2 Å². The quantitative estimate of drug-likeness (QED) is 0.701. The third-order valence-electron chi connectivity index (χ3n) is 2.99. The normalized spacial score (nSPS) is 10.0. The highest BCUT2D eigenvalue weighted by atomic mass is 16.5. The number of amides is 1. The summed E-state index contributed by atoms with van der Waals surface area (Å²) in [6.07, 6.45) is 0.232. The van der Waals surface area contributed by atoms with Gasteiger partial charge in [-0.3, -0.25) is 4.79 Å². The SMILES string of the molecule is COc1ccc(CC(=O)Nc2cccc(B(O)O)c2)cc1. The average molecular weight is 285 g/mol. The molecule has 21 heavy (non-hydrogen) atoms. The van der Waals surface area contributed by atoms with E-state index in [0.717, 1.165) is 11.3 Å². The van der Waals surface area contributed by atoms with Crippen molar-refractivity contribution in [1.82, 2.24) is 0 Å². The van der Waals surface area contributed by atoms with Crippen LogP contribution in [0.1, 0.15) is 5.56 Å². The van der Waals surface area contributed by atoms with Gasteiger partial charge in [0.25, 0.3) is 0 Å². The van der Waals surface area contributed by atoms with Crippen LogP contribution in [0.4, 0.5) is 5.69 Å². The van der Waals surface area contributed by atoms with Crippen molar-refractivity contribution in [3.8, 4) is 5.75 Å². The molecule has 108 valence electrons. The van der Waals surface area contributed by atoms with Gasteiger partial charge in [-0.05, 0) is 35.3 Å². The maximum atomic E-state index is 12.0. The van der Waals surface area contributed by atoms with E-state index in [2.05, 4.69) is 5.32 Å². The molecule has 2 aromatic carbocycles. The van der Waals surface area contributed by atoms with Crippen molar-refractivity contribution in [2.24, 2.45) is 0 Å². The lowest BCUT2D eigenvalue weighted by molar-refractivity contribution is -0.115. The minimum absolute atomic E-state index is 0.176. The number of methoxy groups -OCH3 is 1. The van der Waals surface area contributed by atoms with Crippen LogP contribution in [-0.4, -0.2) is 30.2 Å². The van der Waals surface area contributed by atoms with Gasteiger partial charge in [0.2, 0.25) is 5.91 Å². The summed E-state index contributed by atoms with van der Waals surface area (Å²) < 4.78 is 5.06. The minimum Gasteiger partial charge on any atom is -0.497 e. The molecule has 0 spiro atoms. The van der Waals surface area contributed by atoms with Crippen LogP contribution in [0.2, 0.25) is 0 Å². The summed E-state index contributed by atoms with van der Waals surface area (Å²) in [5, 5.41) is 20.9. The van der Waals surface area contributed by atoms with Gasteiger partial charge in [0, 0.05) is 5.69 Å². The van der Waals surface area contributed by atoms with Gasteiger partial charge < -0.3 is 20.1 Å². The van der Waals surface area contributed by atoms with E-state index in [1.807, 2.05) is 12.1 Å². The molecule has 0 fully saturated rings. The average Bonchev–Trinajstić information content (AvgIpc) is 2.48. The van der Waals surface area contributed by atoms with E-state index in [1.165, 1.54) is 6.07 Å². The number of ether oxygens (including phenoxy) is 1. The first-order valence-electron chi connectivity index (χ1n) is 6.47. The van der Waals surface area contributed by atoms with Crippen LogP contribution in [0.5, 0.6) is 5.75 Å². The Morgan fingerprint density at radius 1 is 1.19 bits per heavy atom. The van der Waals surface area contributed by atoms with E-state index in [9.17, 15) is 4.79 Å². The first kappa shape index (κ1) is 15.1. The zero-order valence-corrected chi connectivity index (χ0v) is 11.6. The summed E-state index contributed by atoms with van der Waals surface area (Å²) in [4.78, 5) is 12.0. The fourth-order valence-electron chi connectivity index (χ4n) is 1.91. The summed E-state index contributed by atoms with van der Waals surface area (Å²) in [6, 6.07) is 13.7. The number of hydrogen-bond acceptors (Lipinski definition) is 4. The Bertz CT molecular complexity index is 613. The number of rotatable bonds is 5. The van der Waals surface area contributed by atoms with Crippen LogP contribution < -0.4 is 15.5 Å². The fraction of sp³-hybridized carbons (Fsp3) is 0.133. The number of benzene rings is 2. The highest BCUT2D eigenvalue weighted by Gasteiger charge is 2.11. The first-order valence-corrected chi connectivity index (χ1v) is 6.47. The molecule has 2 rings (SSSR count). The Hall–Kier alpha value is -2.31. The Kier molecular flexibility index (Phi) is 4.97. The van der Waals surface area contributed by atoms with Gasteiger partial charge in [-0.25, -0.2) is 0 Å². The van der Waals surface area contributed by atoms with E-state index in [1.54, 1.807) is 37.4 Å². The van der Waals surface area contributed by atoms with E-state index in [4.69, 9.17) is 14.8 Å². The Morgan fingerprint density at radius 2 is 1.90 bits per heavy atom. The van der Waals surface area contributed by atoms with Crippen LogP contribution in [0.15, 0.2) is 48.5 Å². The van der Waals surface area contributed by atoms with Crippen LogP contribution in [-0.2, 0) is 11.2 Å². The standard InChI is InChI=1S/C15H16BNO4/c1-21-14-7-5-11(6-8-14)9-15(18)17-13-4-2-3-12(10-13)16(19)20/h2-8,10,19-20H,9H2,1H3,(H,17,18). The predicted octanol–water partition coefficient (Wildman–Crippen LogP) is 0.556. The van der Waals surface area contributed by atoms with Crippen molar-refractivity contribution >= 4 is 24.2 Å². The Labute approximate surface area is 123 Å². The van der Waals surface area contributed by atoms with Gasteiger partial charge in [-0.15, -0.1) is 0 Å². The van der Waals surface area contributed by atoms with Crippen molar-refractivity contribution in [1.29, 1.82) is 0 Å². The molecule has 0 aliphatic heterocycles. The zero-order valence-electron chi connectivity index (χ0n) is 11.6. The molecule has 0 saturated carbocycles. The molecule has 0 bridgehead atoms. The predicted molar refractivity (Wildman–Crippen MR) is 81.6 cm³/mol. The van der Waals surface area contributed by atoms with E-state index in [-0.39, 0.29) is 12.3 Å². The highest BCUT2D eigenvalue weighted by molar-refractivity contribution is 6.58. The zero-order chi connectivity index (χ0) is 15.2. The smallest absolute Gasteiger partial charge is 0.488 e. The maximum Gasteiger partial charge on any atom is 0.488 e. The maximum absolute atomic E-state index is 12.0. The molecule has 0 saturated heterocycles. The van der Waals surface area contributed by atoms with Gasteiger partial charge >= 0.3 is 7.12 Å². The second kappa shape index (κ2) is 6.92. The van der Waals surface area contributed by atoms with Gasteiger partial charge in [0.05, 0.1) is 13.5 Å². The summed E-state index contributed by atoms with van der Waals surface area (Å²) in [5.41, 5.74) is 1.73. The lowest BCUT2D eigenvalue weighted by Crippen LogP contribution is -2.30. The molecule has 0 atom stereocenters. The molecular weight excluding hydrogens is 269 g/mol. The van der Waals surface area contributed by atoms with Crippen LogP contribution in [0.3, 0.4) is 0 Å². The number of hydrogen-bond donors (Lipinski definition) is 3. The lowest BCUT2D eigenvalue weighted by atomic mass is 9.80. The molecule has 0 radical (unpaired) electrons. The molecule has 0 aliphatic carbocycles. The minimum atomic E-state index is -1.55. The van der Waals surface area contributed by atoms with Crippen molar-refractivity contribution in [2.45, 2.75) is 6.42 Å². The molecule has 0 aliphatic rings. The highest BCUT2D eigenvalue weighted by Crippen LogP contribution is 2.12. The molecule has 0 aromatic heterocycles. The van der Waals surface area contributed by atoms with Gasteiger partial charge in [-0.1, -0.05) is 24.3 Å². The van der Waals surface area contributed by atoms with Crippen LogP contribution in [0.25, 0.3) is 0 Å². The molecule has 3 N–H and O–H groups in total. The third kappa shape index (κ3) is 4.34. The number of carbonyl (C=O) groups excluding carboxylic acids is 1. The summed E-state index contributed by atoms with van der Waals surface area (Å²) >= 11 is 0. The second-order valence-electron chi connectivity index (χ2n) is 4.57. The number of anilines is 1. The van der Waals surface area contributed by atoms with Crippen molar-refractivity contribution < 1.29 is 19.6 Å². The van der Waals surface area contributed by atoms with Gasteiger partial charge in [0.1, 0.15) is 5.75 Å². The van der Waals surface area contributed by atoms with Crippen molar-refractivity contribution in [3.63, 3.8) is 0 Å². The molecule has 0 heterocycles. The Morgan fingerprint density at radius 3 is 2.52 bits per heavy atom. The molecule has 5 nitrogen and oxygen atoms in total. The molecule has 0 unspecified atom stereocenters. The molecule has 6 heteroatoms. The van der Waals surface area contributed by atoms with Gasteiger partial charge in [-0.2, -0.15) is 0 Å². The Balaban J connectivity index is 1.99. The lowest BCUT2D eigenvalue weighted by Gasteiger charge is -2.08. The second-order valence-corrected chi connectivity index (χ2v) is 4.57. The molecular formula is C15H16BNO4. The van der Waals surface area contributed by atoms with Crippen LogP contribution >= 0.6 is 0 Å². The summed E-state index contributed by atoms with van der Waals surface area (Å²) in [5.74, 6) is 0.563. The number of carbonyl (C=O) groups is 1. The van der Waals surface area contributed by atoms with Gasteiger partial charge in [0.15, 0.2) is 0 Å². The summed E-state index contributed by atoms with van der Waals surface area (Å²) in [6.45, 7) is 0. The number of nitrogens with one attached hydrogen (secondary N) is 1. The van der Waals surface area contributed by atoms with Crippen molar-refractivity contribution in [3.05, 3.63) is 54.1 Å². The topological polar surface area (TPSA) is 78.8 Å². The largest absolute Gasteiger partial charge is 0.497 e. The summed E-state index contributed by atoms with van der Waals surface area (Å²) in [7, 11) is 0.0352.